The Hall–Kier alpha value is -1.30. The van der Waals surface area contributed by atoms with Gasteiger partial charge in [0.05, 0.1) is 5.02 Å². The summed E-state index contributed by atoms with van der Waals surface area (Å²) in [7, 11) is 0. The zero-order chi connectivity index (χ0) is 13.1. The van der Waals surface area contributed by atoms with Crippen molar-refractivity contribution in [3.63, 3.8) is 0 Å². The van der Waals surface area contributed by atoms with E-state index in [9.17, 15) is 22.4 Å². The number of benzene rings is 1. The van der Waals surface area contributed by atoms with Crippen LogP contribution in [-0.4, -0.2) is 25.2 Å². The Morgan fingerprint density at radius 1 is 1.41 bits per heavy atom. The molecule has 0 bridgehead atoms. The van der Waals surface area contributed by atoms with Crippen LogP contribution in [0.2, 0.25) is 5.02 Å². The first kappa shape index (κ1) is 13.8. The molecule has 0 heterocycles. The minimum atomic E-state index is -4.23. The summed E-state index contributed by atoms with van der Waals surface area (Å²) in [5.41, 5.74) is 0.152. The summed E-state index contributed by atoms with van der Waals surface area (Å²) in [6.07, 6.45) is -3.33. The van der Waals surface area contributed by atoms with Crippen molar-refractivity contribution in [2.45, 2.75) is 12.3 Å². The molecule has 0 aliphatic heterocycles. The van der Waals surface area contributed by atoms with Crippen LogP contribution in [0.25, 0.3) is 0 Å². The van der Waals surface area contributed by atoms with Gasteiger partial charge in [-0.1, -0.05) is 11.6 Å². The van der Waals surface area contributed by atoms with Gasteiger partial charge in [-0.15, -0.1) is 0 Å². The second-order valence-electron chi connectivity index (χ2n) is 3.15. The van der Waals surface area contributed by atoms with Crippen LogP contribution in [0.4, 0.5) is 17.6 Å². The summed E-state index contributed by atoms with van der Waals surface area (Å²) in [5, 5.41) is -0.00198. The second kappa shape index (κ2) is 5.35. The van der Waals surface area contributed by atoms with Gasteiger partial charge in [0.25, 0.3) is 0 Å². The van der Waals surface area contributed by atoms with Crippen LogP contribution < -0.4 is 4.74 Å². The van der Waals surface area contributed by atoms with E-state index in [0.717, 1.165) is 6.07 Å². The normalized spacial score (nSPS) is 11.6. The number of rotatable bonds is 5. The number of halogens is 5. The quantitative estimate of drug-likeness (QED) is 0.605. The SMILES string of the molecule is O=Cc1ccc(OCC(F)(F)C(F)F)cc1Cl. The molecular weight excluding hydrogens is 264 g/mol. The molecule has 0 radical (unpaired) electrons. The Balaban J connectivity index is 2.71. The van der Waals surface area contributed by atoms with E-state index < -0.39 is 19.0 Å². The highest BCUT2D eigenvalue weighted by molar-refractivity contribution is 6.33. The molecule has 0 saturated heterocycles. The van der Waals surface area contributed by atoms with Gasteiger partial charge in [0, 0.05) is 5.56 Å². The van der Waals surface area contributed by atoms with Crippen LogP contribution >= 0.6 is 11.6 Å². The van der Waals surface area contributed by atoms with Crippen LogP contribution in [0, 0.1) is 0 Å². The maximum atomic E-state index is 12.5. The Labute approximate surface area is 99.1 Å². The molecule has 1 aromatic rings. The predicted octanol–water partition coefficient (Wildman–Crippen LogP) is 3.43. The van der Waals surface area contributed by atoms with Gasteiger partial charge < -0.3 is 4.74 Å². The Morgan fingerprint density at radius 3 is 2.53 bits per heavy atom. The maximum absolute atomic E-state index is 12.5. The Bertz CT molecular complexity index is 409. The second-order valence-corrected chi connectivity index (χ2v) is 3.56. The van der Waals surface area contributed by atoms with Crippen LogP contribution in [0.5, 0.6) is 5.75 Å². The van der Waals surface area contributed by atoms with Gasteiger partial charge in [0.15, 0.2) is 12.9 Å². The summed E-state index contributed by atoms with van der Waals surface area (Å²) in [6.45, 7) is -1.46. The van der Waals surface area contributed by atoms with Crippen molar-refractivity contribution in [2.75, 3.05) is 6.61 Å². The standard InChI is InChI=1S/C10H7ClF4O2/c11-8-3-7(2-1-6(8)4-16)17-5-10(14,15)9(12)13/h1-4,9H,5H2. The summed E-state index contributed by atoms with van der Waals surface area (Å²) in [5.74, 6) is -4.34. The molecule has 0 spiro atoms. The number of alkyl halides is 4. The molecule has 0 N–H and O–H groups in total. The molecule has 0 aromatic heterocycles. The zero-order valence-electron chi connectivity index (χ0n) is 8.30. The van der Waals surface area contributed by atoms with Gasteiger partial charge in [-0.05, 0) is 18.2 Å². The van der Waals surface area contributed by atoms with Crippen molar-refractivity contribution in [1.29, 1.82) is 0 Å². The molecule has 1 aromatic carbocycles. The molecular formula is C10H7ClF4O2. The largest absolute Gasteiger partial charge is 0.487 e. The molecule has 0 saturated carbocycles. The van der Waals surface area contributed by atoms with Crippen molar-refractivity contribution in [3.05, 3.63) is 28.8 Å². The van der Waals surface area contributed by atoms with Crippen molar-refractivity contribution < 1.29 is 27.1 Å². The number of hydrogen-bond donors (Lipinski definition) is 0. The third-order valence-corrected chi connectivity index (χ3v) is 2.18. The van der Waals surface area contributed by atoms with Crippen LogP contribution in [-0.2, 0) is 0 Å². The van der Waals surface area contributed by atoms with Gasteiger partial charge in [0.1, 0.15) is 5.75 Å². The van der Waals surface area contributed by atoms with E-state index in [-0.39, 0.29) is 16.3 Å². The lowest BCUT2D eigenvalue weighted by atomic mass is 10.2. The van der Waals surface area contributed by atoms with E-state index in [4.69, 9.17) is 11.6 Å². The van der Waals surface area contributed by atoms with E-state index in [1.807, 2.05) is 0 Å². The van der Waals surface area contributed by atoms with Crippen molar-refractivity contribution >= 4 is 17.9 Å². The molecule has 2 nitrogen and oxygen atoms in total. The number of aldehydes is 1. The molecule has 0 unspecified atom stereocenters. The zero-order valence-corrected chi connectivity index (χ0v) is 9.06. The summed E-state index contributed by atoms with van der Waals surface area (Å²) >= 11 is 5.60. The van der Waals surface area contributed by atoms with Crippen molar-refractivity contribution in [3.8, 4) is 5.75 Å². The van der Waals surface area contributed by atoms with Crippen LogP contribution in [0.1, 0.15) is 10.4 Å². The Kier molecular flexibility index (Phi) is 4.34. The molecule has 0 fully saturated rings. The minimum Gasteiger partial charge on any atom is -0.487 e. The predicted molar refractivity (Wildman–Crippen MR) is 53.3 cm³/mol. The summed E-state index contributed by atoms with van der Waals surface area (Å²) < 4.78 is 53.1. The Morgan fingerprint density at radius 2 is 2.06 bits per heavy atom. The first-order valence-corrected chi connectivity index (χ1v) is 4.78. The average molecular weight is 271 g/mol. The molecule has 0 aliphatic rings. The third kappa shape index (κ3) is 3.59. The molecule has 0 amide bonds. The van der Waals surface area contributed by atoms with Gasteiger partial charge in [0.2, 0.25) is 0 Å². The van der Waals surface area contributed by atoms with Crippen LogP contribution in [0.15, 0.2) is 18.2 Å². The number of carbonyl (C=O) groups is 1. The van der Waals surface area contributed by atoms with E-state index >= 15 is 0 Å². The highest BCUT2D eigenvalue weighted by Crippen LogP contribution is 2.26. The molecule has 17 heavy (non-hydrogen) atoms. The van der Waals surface area contributed by atoms with Gasteiger partial charge in [-0.25, -0.2) is 8.78 Å². The van der Waals surface area contributed by atoms with Gasteiger partial charge in [-0.3, -0.25) is 4.79 Å². The average Bonchev–Trinajstić information content (AvgIpc) is 2.26. The molecule has 0 aliphatic carbocycles. The van der Waals surface area contributed by atoms with E-state index in [1.165, 1.54) is 12.1 Å². The van der Waals surface area contributed by atoms with E-state index in [2.05, 4.69) is 4.74 Å². The topological polar surface area (TPSA) is 26.3 Å². The first-order chi connectivity index (χ1) is 7.86. The van der Waals surface area contributed by atoms with Crippen LogP contribution in [0.3, 0.4) is 0 Å². The molecule has 7 heteroatoms. The monoisotopic (exact) mass is 270 g/mol. The highest BCUT2D eigenvalue weighted by Gasteiger charge is 2.41. The number of hydrogen-bond acceptors (Lipinski definition) is 2. The number of carbonyl (C=O) groups excluding carboxylic acids is 1. The fraction of sp³-hybridized carbons (Fsp3) is 0.300. The van der Waals surface area contributed by atoms with Gasteiger partial charge in [-0.2, -0.15) is 8.78 Å². The fourth-order valence-electron chi connectivity index (χ4n) is 0.936. The summed E-state index contributed by atoms with van der Waals surface area (Å²) in [6, 6.07) is 3.54. The van der Waals surface area contributed by atoms with Crippen molar-refractivity contribution in [1.82, 2.24) is 0 Å². The van der Waals surface area contributed by atoms with E-state index in [1.54, 1.807) is 0 Å². The first-order valence-electron chi connectivity index (χ1n) is 4.40. The fourth-order valence-corrected chi connectivity index (χ4v) is 1.15. The third-order valence-electron chi connectivity index (χ3n) is 1.85. The van der Waals surface area contributed by atoms with Crippen molar-refractivity contribution in [2.24, 2.45) is 0 Å². The van der Waals surface area contributed by atoms with Gasteiger partial charge >= 0.3 is 12.3 Å². The summed E-state index contributed by atoms with van der Waals surface area (Å²) in [4.78, 5) is 10.4. The lowest BCUT2D eigenvalue weighted by Crippen LogP contribution is -2.33. The molecule has 1 rings (SSSR count). The highest BCUT2D eigenvalue weighted by atomic mass is 35.5. The lowest BCUT2D eigenvalue weighted by molar-refractivity contribution is -0.148. The minimum absolute atomic E-state index is 0.00198. The number of ether oxygens (including phenoxy) is 1. The smallest absolute Gasteiger partial charge is 0.340 e. The van der Waals surface area contributed by atoms with E-state index in [0.29, 0.717) is 6.29 Å². The maximum Gasteiger partial charge on any atom is 0.340 e. The lowest BCUT2D eigenvalue weighted by Gasteiger charge is -2.16. The molecule has 0 atom stereocenters. The molecule has 94 valence electrons.